The zero-order chi connectivity index (χ0) is 52.2. The molecule has 0 rings (SSSR count). The van der Waals surface area contributed by atoms with Gasteiger partial charge in [0.15, 0.2) is 6.10 Å². The third-order valence-electron chi connectivity index (χ3n) is 14.4. The molecule has 0 radical (unpaired) electrons. The van der Waals surface area contributed by atoms with E-state index in [0.717, 1.165) is 64.2 Å². The Balaban J connectivity index is 4.34. The third kappa shape index (κ3) is 58.5. The van der Waals surface area contributed by atoms with Gasteiger partial charge in [0.05, 0.1) is 0 Å². The van der Waals surface area contributed by atoms with Crippen molar-refractivity contribution in [2.45, 2.75) is 354 Å². The Labute approximate surface area is 448 Å². The fourth-order valence-electron chi connectivity index (χ4n) is 9.53. The van der Waals surface area contributed by atoms with E-state index in [1.807, 2.05) is 0 Å². The average Bonchev–Trinajstić information content (AvgIpc) is 3.38. The fraction of sp³-hybridized carbons (Fsp3) is 0.864. The van der Waals surface area contributed by atoms with Crippen molar-refractivity contribution in [1.82, 2.24) is 0 Å². The summed E-state index contributed by atoms with van der Waals surface area (Å²) in [5, 5.41) is 0. The Morgan fingerprint density at radius 1 is 0.278 bits per heavy atom. The average molecular weight is 1010 g/mol. The quantitative estimate of drug-likeness (QED) is 0.0261. The summed E-state index contributed by atoms with van der Waals surface area (Å²) in [6.07, 6.45) is 74.2. The number of hydrogen-bond donors (Lipinski definition) is 0. The van der Waals surface area contributed by atoms with Gasteiger partial charge < -0.3 is 14.2 Å². The Morgan fingerprint density at radius 3 is 0.806 bits per heavy atom. The highest BCUT2D eigenvalue weighted by molar-refractivity contribution is 5.71. The fourth-order valence-corrected chi connectivity index (χ4v) is 9.53. The third-order valence-corrected chi connectivity index (χ3v) is 14.4. The maximum atomic E-state index is 12.9. The van der Waals surface area contributed by atoms with Crippen molar-refractivity contribution in [1.29, 1.82) is 0 Å². The molecule has 0 aromatic carbocycles. The number of carbonyl (C=O) groups is 3. The molecular formula is C66H122O6. The standard InChI is InChI=1S/C66H122O6/c1-4-7-10-13-16-19-22-25-28-31-33-36-38-41-44-47-50-53-56-59-65(68)71-62-63(61-70-64(67)58-55-52-49-46-43-40-37-34-30-27-24-21-18-15-12-9-6-3)72-66(69)60-57-54-51-48-45-42-39-35-32-29-26-23-20-17-14-11-8-5-2/h16,19,25,27-28,30,63H,4-15,17-18,20-24,26,29,31-62H2,1-3H3/b19-16-,28-25-,30-27-. The molecule has 0 N–H and O–H groups in total. The number of rotatable bonds is 59. The van der Waals surface area contributed by atoms with E-state index in [-0.39, 0.29) is 31.1 Å². The highest BCUT2D eigenvalue weighted by Crippen LogP contribution is 2.17. The molecule has 0 fully saturated rings. The van der Waals surface area contributed by atoms with E-state index in [1.54, 1.807) is 0 Å². The molecule has 0 aromatic heterocycles. The summed E-state index contributed by atoms with van der Waals surface area (Å²) in [4.78, 5) is 38.3. The van der Waals surface area contributed by atoms with Crippen LogP contribution in [0, 0.1) is 0 Å². The second kappa shape index (κ2) is 61.2. The number of allylic oxidation sites excluding steroid dienone is 6. The van der Waals surface area contributed by atoms with Crippen LogP contribution in [0.4, 0.5) is 0 Å². The van der Waals surface area contributed by atoms with Crippen LogP contribution in [0.15, 0.2) is 36.5 Å². The molecule has 0 saturated carbocycles. The molecule has 1 atom stereocenters. The monoisotopic (exact) mass is 1010 g/mol. The largest absolute Gasteiger partial charge is 0.462 e. The zero-order valence-corrected chi connectivity index (χ0v) is 48.5. The summed E-state index contributed by atoms with van der Waals surface area (Å²) in [5.41, 5.74) is 0. The normalized spacial score (nSPS) is 12.2. The Kier molecular flexibility index (Phi) is 59.2. The van der Waals surface area contributed by atoms with Gasteiger partial charge in [-0.2, -0.15) is 0 Å². The second-order valence-electron chi connectivity index (χ2n) is 21.7. The molecule has 1 unspecified atom stereocenters. The van der Waals surface area contributed by atoms with Gasteiger partial charge in [0.25, 0.3) is 0 Å². The van der Waals surface area contributed by atoms with Crippen LogP contribution in [0.5, 0.6) is 0 Å². The van der Waals surface area contributed by atoms with Gasteiger partial charge in [-0.05, 0) is 77.0 Å². The summed E-state index contributed by atoms with van der Waals surface area (Å²) in [6, 6.07) is 0. The first-order chi connectivity index (χ1) is 35.5. The van der Waals surface area contributed by atoms with Gasteiger partial charge in [-0.25, -0.2) is 0 Å². The molecule has 0 spiro atoms. The second-order valence-corrected chi connectivity index (χ2v) is 21.7. The van der Waals surface area contributed by atoms with Crippen LogP contribution in [0.2, 0.25) is 0 Å². The number of hydrogen-bond acceptors (Lipinski definition) is 6. The van der Waals surface area contributed by atoms with Crippen LogP contribution in [-0.4, -0.2) is 37.2 Å². The maximum absolute atomic E-state index is 12.9. The first kappa shape index (κ1) is 69.6. The van der Waals surface area contributed by atoms with Crippen LogP contribution >= 0.6 is 0 Å². The van der Waals surface area contributed by atoms with E-state index in [0.29, 0.717) is 19.3 Å². The summed E-state index contributed by atoms with van der Waals surface area (Å²) in [6.45, 7) is 6.67. The minimum Gasteiger partial charge on any atom is -0.462 e. The van der Waals surface area contributed by atoms with Gasteiger partial charge in [0.1, 0.15) is 13.2 Å². The Bertz CT molecular complexity index is 1210. The SMILES string of the molecule is CCCCC/C=C\C/C=C\CCCCCCCCCCCC(=O)OCC(COC(=O)CCCCCCCCC/C=C\CCCCCCCC)OC(=O)CCCCCCCCCCCCCCCCCCCC. The molecule has 72 heavy (non-hydrogen) atoms. The smallest absolute Gasteiger partial charge is 0.306 e. The predicted molar refractivity (Wildman–Crippen MR) is 312 cm³/mol. The lowest BCUT2D eigenvalue weighted by Gasteiger charge is -2.18. The van der Waals surface area contributed by atoms with Crippen molar-refractivity contribution < 1.29 is 28.6 Å². The molecule has 0 bridgehead atoms. The molecule has 0 heterocycles. The van der Waals surface area contributed by atoms with Crippen LogP contribution in [0.1, 0.15) is 348 Å². The van der Waals surface area contributed by atoms with E-state index in [2.05, 4.69) is 57.2 Å². The van der Waals surface area contributed by atoms with Gasteiger partial charge in [-0.15, -0.1) is 0 Å². The van der Waals surface area contributed by atoms with E-state index in [9.17, 15) is 14.4 Å². The van der Waals surface area contributed by atoms with Crippen LogP contribution in [0.3, 0.4) is 0 Å². The molecule has 0 saturated heterocycles. The summed E-state index contributed by atoms with van der Waals surface area (Å²) < 4.78 is 17.0. The van der Waals surface area contributed by atoms with Gasteiger partial charge in [-0.3, -0.25) is 14.4 Å². The highest BCUT2D eigenvalue weighted by atomic mass is 16.6. The highest BCUT2D eigenvalue weighted by Gasteiger charge is 2.19. The molecule has 6 nitrogen and oxygen atoms in total. The lowest BCUT2D eigenvalue weighted by atomic mass is 10.0. The van der Waals surface area contributed by atoms with Crippen molar-refractivity contribution in [3.05, 3.63) is 36.5 Å². The zero-order valence-electron chi connectivity index (χ0n) is 48.5. The number of carbonyl (C=O) groups excluding carboxylic acids is 3. The molecule has 0 aliphatic carbocycles. The lowest BCUT2D eigenvalue weighted by Crippen LogP contribution is -2.30. The molecule has 0 aromatic rings. The van der Waals surface area contributed by atoms with Crippen molar-refractivity contribution in [2.24, 2.45) is 0 Å². The maximum Gasteiger partial charge on any atom is 0.306 e. The lowest BCUT2D eigenvalue weighted by molar-refractivity contribution is -0.167. The summed E-state index contributed by atoms with van der Waals surface area (Å²) in [7, 11) is 0. The molecule has 6 heteroatoms. The van der Waals surface area contributed by atoms with Crippen molar-refractivity contribution in [3.8, 4) is 0 Å². The van der Waals surface area contributed by atoms with E-state index >= 15 is 0 Å². The summed E-state index contributed by atoms with van der Waals surface area (Å²) in [5.74, 6) is -0.855. The van der Waals surface area contributed by atoms with Gasteiger partial charge in [0.2, 0.25) is 0 Å². The first-order valence-electron chi connectivity index (χ1n) is 32.0. The van der Waals surface area contributed by atoms with E-state index in [1.165, 1.54) is 244 Å². The van der Waals surface area contributed by atoms with Crippen molar-refractivity contribution >= 4 is 17.9 Å². The summed E-state index contributed by atoms with van der Waals surface area (Å²) >= 11 is 0. The number of esters is 3. The predicted octanol–water partition coefficient (Wildman–Crippen LogP) is 21.6. The van der Waals surface area contributed by atoms with Crippen molar-refractivity contribution in [3.63, 3.8) is 0 Å². The Morgan fingerprint density at radius 2 is 0.500 bits per heavy atom. The van der Waals surface area contributed by atoms with Gasteiger partial charge >= 0.3 is 17.9 Å². The van der Waals surface area contributed by atoms with Gasteiger partial charge in [-0.1, -0.05) is 288 Å². The van der Waals surface area contributed by atoms with Crippen LogP contribution in [-0.2, 0) is 28.6 Å². The molecule has 0 amide bonds. The molecule has 0 aliphatic rings. The first-order valence-corrected chi connectivity index (χ1v) is 32.0. The minimum absolute atomic E-state index is 0.0715. The van der Waals surface area contributed by atoms with Crippen LogP contribution in [0.25, 0.3) is 0 Å². The number of ether oxygens (including phenoxy) is 3. The molecule has 422 valence electrons. The molecule has 0 aliphatic heterocycles. The molecular weight excluding hydrogens is 889 g/mol. The van der Waals surface area contributed by atoms with Crippen LogP contribution < -0.4 is 0 Å². The topological polar surface area (TPSA) is 78.9 Å². The van der Waals surface area contributed by atoms with Crippen molar-refractivity contribution in [2.75, 3.05) is 13.2 Å². The van der Waals surface area contributed by atoms with E-state index in [4.69, 9.17) is 14.2 Å². The van der Waals surface area contributed by atoms with E-state index < -0.39 is 6.10 Å². The van der Waals surface area contributed by atoms with Gasteiger partial charge in [0, 0.05) is 19.3 Å². The number of unbranched alkanes of at least 4 members (excludes halogenated alkanes) is 42. The minimum atomic E-state index is -0.773. The Hall–Kier alpha value is -2.37.